The van der Waals surface area contributed by atoms with Gasteiger partial charge in [0.05, 0.1) is 0 Å². The Morgan fingerprint density at radius 2 is 1.50 bits per heavy atom. The van der Waals surface area contributed by atoms with Gasteiger partial charge in [-0.3, -0.25) is 0 Å². The fourth-order valence-electron chi connectivity index (χ4n) is 2.26. The van der Waals surface area contributed by atoms with E-state index in [0.29, 0.717) is 5.82 Å². The average Bonchev–Trinajstić information content (AvgIpc) is 3.11. The maximum Gasteiger partial charge on any atom is 0.204 e. The number of H-pyrrole nitrogens is 1. The van der Waals surface area contributed by atoms with Gasteiger partial charge in [-0.05, 0) is 28.5 Å². The van der Waals surface area contributed by atoms with Gasteiger partial charge in [0.2, 0.25) is 5.82 Å². The first-order valence-corrected chi connectivity index (χ1v) is 7.08. The first-order valence-electron chi connectivity index (χ1n) is 7.08. The van der Waals surface area contributed by atoms with Gasteiger partial charge in [-0.15, -0.1) is 10.2 Å². The van der Waals surface area contributed by atoms with E-state index in [0.717, 1.165) is 5.56 Å². The van der Waals surface area contributed by atoms with Gasteiger partial charge in [0.15, 0.2) is 0 Å². The molecule has 0 radical (unpaired) electrons. The fourth-order valence-corrected chi connectivity index (χ4v) is 2.26. The van der Waals surface area contributed by atoms with Gasteiger partial charge in [0.25, 0.3) is 0 Å². The van der Waals surface area contributed by atoms with Gasteiger partial charge >= 0.3 is 0 Å². The quantitative estimate of drug-likeness (QED) is 0.575. The van der Waals surface area contributed by atoms with Crippen molar-refractivity contribution in [2.24, 2.45) is 0 Å². The van der Waals surface area contributed by atoms with E-state index in [2.05, 4.69) is 70.0 Å². The minimum Gasteiger partial charge on any atom is -0.177 e. The van der Waals surface area contributed by atoms with Crippen LogP contribution >= 0.6 is 0 Å². The predicted octanol–water partition coefficient (Wildman–Crippen LogP) is 4.01. The fraction of sp³-hybridized carbons (Fsp3) is 0.0556. The lowest BCUT2D eigenvalue weighted by Gasteiger charge is -1.98. The van der Waals surface area contributed by atoms with Crippen LogP contribution in [0.15, 0.2) is 72.8 Å². The summed E-state index contributed by atoms with van der Waals surface area (Å²) in [6.45, 7) is 2.14. The molecule has 1 heterocycles. The summed E-state index contributed by atoms with van der Waals surface area (Å²) in [5, 5.41) is 16.2. The molecule has 4 rings (SSSR count). The molecule has 0 fully saturated rings. The van der Waals surface area contributed by atoms with Crippen LogP contribution in [0.1, 0.15) is 5.56 Å². The molecule has 0 bridgehead atoms. The molecule has 4 aromatic rings. The highest BCUT2D eigenvalue weighted by Gasteiger charge is 1.98. The number of aromatic amines is 1. The van der Waals surface area contributed by atoms with E-state index < -0.39 is 0 Å². The molecule has 4 nitrogen and oxygen atoms in total. The highest BCUT2D eigenvalue weighted by molar-refractivity contribution is 5.85. The van der Waals surface area contributed by atoms with Crippen molar-refractivity contribution in [1.29, 1.82) is 0 Å². The zero-order valence-electron chi connectivity index (χ0n) is 12.3. The van der Waals surface area contributed by atoms with Crippen LogP contribution in [0, 0.1) is 6.92 Å². The van der Waals surface area contributed by atoms with Crippen LogP contribution in [-0.4, -0.2) is 20.6 Å². The molecule has 22 heavy (non-hydrogen) atoms. The van der Waals surface area contributed by atoms with E-state index in [4.69, 9.17) is 0 Å². The van der Waals surface area contributed by atoms with Crippen molar-refractivity contribution in [3.8, 4) is 11.4 Å². The van der Waals surface area contributed by atoms with Gasteiger partial charge in [-0.1, -0.05) is 72.8 Å². The third-order valence-corrected chi connectivity index (χ3v) is 3.38. The maximum atomic E-state index is 3.84. The van der Waals surface area contributed by atoms with E-state index in [1.54, 1.807) is 0 Å². The summed E-state index contributed by atoms with van der Waals surface area (Å²) in [6.07, 6.45) is 0. The van der Waals surface area contributed by atoms with Crippen LogP contribution in [0.4, 0.5) is 0 Å². The number of hydrogen-bond donors (Lipinski definition) is 1. The number of aryl methyl sites for hydroxylation is 1. The summed E-state index contributed by atoms with van der Waals surface area (Å²) in [5.41, 5.74) is 2.32. The second kappa shape index (κ2) is 6.63. The van der Waals surface area contributed by atoms with Gasteiger partial charge in [-0.2, -0.15) is 5.21 Å². The number of fused-ring (bicyclic) bond motifs is 1. The number of benzene rings is 3. The SMILES string of the molecule is Cc1cccc2ccccc12.c1ccc(-c2nn[nH]n2)cc1. The van der Waals surface area contributed by atoms with Crippen molar-refractivity contribution in [3.05, 3.63) is 78.4 Å². The second-order valence-corrected chi connectivity index (χ2v) is 4.90. The average molecular weight is 288 g/mol. The first-order chi connectivity index (χ1) is 10.8. The van der Waals surface area contributed by atoms with E-state index in [-0.39, 0.29) is 0 Å². The Morgan fingerprint density at radius 3 is 2.23 bits per heavy atom. The third-order valence-electron chi connectivity index (χ3n) is 3.38. The summed E-state index contributed by atoms with van der Waals surface area (Å²) in [4.78, 5) is 0. The zero-order chi connectivity index (χ0) is 15.2. The highest BCUT2D eigenvalue weighted by Crippen LogP contribution is 2.16. The van der Waals surface area contributed by atoms with Crippen molar-refractivity contribution in [1.82, 2.24) is 20.6 Å². The standard InChI is InChI=1S/C11H10.C7H6N4/c1-9-5-4-7-10-6-2-3-8-11(9)10;1-2-4-6(5-3-1)7-8-10-11-9-7/h2-8H,1H3;1-5H,(H,8,9,10,11). The Bertz CT molecular complexity index is 834. The number of rotatable bonds is 1. The molecule has 0 aliphatic carbocycles. The van der Waals surface area contributed by atoms with Crippen LogP contribution < -0.4 is 0 Å². The monoisotopic (exact) mass is 288 g/mol. The van der Waals surface area contributed by atoms with Crippen LogP contribution in [-0.2, 0) is 0 Å². The van der Waals surface area contributed by atoms with E-state index in [9.17, 15) is 0 Å². The summed E-state index contributed by atoms with van der Waals surface area (Å²) < 4.78 is 0. The van der Waals surface area contributed by atoms with Crippen molar-refractivity contribution < 1.29 is 0 Å². The van der Waals surface area contributed by atoms with Crippen LogP contribution in [0.2, 0.25) is 0 Å². The molecule has 0 unspecified atom stereocenters. The normalized spacial score (nSPS) is 10.0. The molecule has 0 saturated carbocycles. The Hall–Kier alpha value is -3.01. The van der Waals surface area contributed by atoms with E-state index in [1.165, 1.54) is 16.3 Å². The van der Waals surface area contributed by atoms with Crippen LogP contribution in [0.5, 0.6) is 0 Å². The summed E-state index contributed by atoms with van der Waals surface area (Å²) in [5.74, 6) is 0.630. The largest absolute Gasteiger partial charge is 0.204 e. The Labute approximate surface area is 128 Å². The first kappa shape index (κ1) is 13.9. The Balaban J connectivity index is 0.000000131. The molecular weight excluding hydrogens is 272 g/mol. The van der Waals surface area contributed by atoms with Gasteiger partial charge in [-0.25, -0.2) is 0 Å². The summed E-state index contributed by atoms with van der Waals surface area (Å²) >= 11 is 0. The van der Waals surface area contributed by atoms with Crippen LogP contribution in [0.3, 0.4) is 0 Å². The lowest BCUT2D eigenvalue weighted by Crippen LogP contribution is -1.78. The number of nitrogens with one attached hydrogen (secondary N) is 1. The molecule has 0 saturated heterocycles. The minimum absolute atomic E-state index is 0.630. The molecule has 0 atom stereocenters. The van der Waals surface area contributed by atoms with Crippen molar-refractivity contribution in [2.75, 3.05) is 0 Å². The molecule has 1 N–H and O–H groups in total. The van der Waals surface area contributed by atoms with Gasteiger partial charge in [0, 0.05) is 5.56 Å². The molecule has 0 aliphatic rings. The molecule has 0 spiro atoms. The third kappa shape index (κ3) is 3.17. The van der Waals surface area contributed by atoms with E-state index >= 15 is 0 Å². The van der Waals surface area contributed by atoms with Crippen molar-refractivity contribution in [2.45, 2.75) is 6.92 Å². The lowest BCUT2D eigenvalue weighted by molar-refractivity contribution is 0.881. The molecule has 1 aromatic heterocycles. The second-order valence-electron chi connectivity index (χ2n) is 4.90. The molecule has 0 aliphatic heterocycles. The molecule has 4 heteroatoms. The number of hydrogen-bond acceptors (Lipinski definition) is 3. The van der Waals surface area contributed by atoms with Gasteiger partial charge < -0.3 is 0 Å². The number of aromatic nitrogens is 4. The summed E-state index contributed by atoms with van der Waals surface area (Å²) in [6, 6.07) is 24.5. The highest BCUT2D eigenvalue weighted by atomic mass is 15.5. The van der Waals surface area contributed by atoms with E-state index in [1.807, 2.05) is 30.3 Å². The Morgan fingerprint density at radius 1 is 0.773 bits per heavy atom. The van der Waals surface area contributed by atoms with Gasteiger partial charge in [0.1, 0.15) is 0 Å². The topological polar surface area (TPSA) is 54.5 Å². The molecule has 3 aromatic carbocycles. The molecular formula is C18H16N4. The Kier molecular flexibility index (Phi) is 4.20. The number of tetrazole rings is 1. The number of nitrogens with zero attached hydrogens (tertiary/aromatic N) is 3. The smallest absolute Gasteiger partial charge is 0.177 e. The van der Waals surface area contributed by atoms with Crippen molar-refractivity contribution in [3.63, 3.8) is 0 Å². The summed E-state index contributed by atoms with van der Waals surface area (Å²) in [7, 11) is 0. The minimum atomic E-state index is 0.630. The molecule has 0 amide bonds. The van der Waals surface area contributed by atoms with Crippen molar-refractivity contribution >= 4 is 10.8 Å². The lowest BCUT2D eigenvalue weighted by atomic mass is 10.1. The van der Waals surface area contributed by atoms with Crippen LogP contribution in [0.25, 0.3) is 22.2 Å². The maximum absolute atomic E-state index is 3.84. The predicted molar refractivity (Wildman–Crippen MR) is 88.3 cm³/mol. The zero-order valence-corrected chi connectivity index (χ0v) is 12.3. The molecule has 108 valence electrons.